The van der Waals surface area contributed by atoms with Crippen LogP contribution < -0.4 is 3.80 Å². The summed E-state index contributed by atoms with van der Waals surface area (Å²) in [6.07, 6.45) is 0. The maximum absolute atomic E-state index is 4.41. The third kappa shape index (κ3) is 5.13. The molecule has 3 heteroatoms. The molecule has 1 aliphatic rings. The van der Waals surface area contributed by atoms with Gasteiger partial charge in [0, 0.05) is 0 Å². The number of hydrogen-bond donors (Lipinski definition) is 1. The van der Waals surface area contributed by atoms with Gasteiger partial charge in [0.15, 0.2) is 0 Å². The van der Waals surface area contributed by atoms with Gasteiger partial charge in [-0.15, -0.1) is 0 Å². The zero-order valence-electron chi connectivity index (χ0n) is 23.2. The normalized spacial score (nSPS) is 20.3. The summed E-state index contributed by atoms with van der Waals surface area (Å²) in [6.45, 7) is 9.43. The van der Waals surface area contributed by atoms with E-state index in [4.69, 9.17) is 0 Å². The van der Waals surface area contributed by atoms with Crippen LogP contribution in [0.5, 0.6) is 0 Å². The molecule has 0 amide bonds. The molecule has 185 valence electrons. The fraction of sp³-hybridized carbons (Fsp3) is 0.312. The first-order chi connectivity index (χ1) is 15.9. The molecule has 0 saturated carbocycles. The molecular formula is C32H44NSiTi. The molecule has 3 aromatic rings. The molecule has 1 aliphatic carbocycles. The molecule has 3 aromatic carbocycles. The average Bonchev–Trinajstić information content (AvgIpc) is 3.07. The summed E-state index contributed by atoms with van der Waals surface area (Å²) >= 11 is -4.40. The van der Waals surface area contributed by atoms with Gasteiger partial charge in [-0.2, -0.15) is 0 Å². The number of nitrogens with one attached hydrogen (secondary N) is 1. The predicted molar refractivity (Wildman–Crippen MR) is 159 cm³/mol. The molecule has 0 radical (unpaired) electrons. The van der Waals surface area contributed by atoms with Crippen molar-refractivity contribution in [2.24, 2.45) is 0 Å². The molecule has 0 aromatic heterocycles. The number of benzene rings is 3. The van der Waals surface area contributed by atoms with Gasteiger partial charge in [0.25, 0.3) is 0 Å². The van der Waals surface area contributed by atoms with Gasteiger partial charge in [0.2, 0.25) is 0 Å². The Morgan fingerprint density at radius 1 is 0.629 bits per heavy atom. The van der Waals surface area contributed by atoms with Crippen molar-refractivity contribution in [1.82, 2.24) is 3.80 Å². The van der Waals surface area contributed by atoms with Crippen molar-refractivity contribution >= 4 is 24.8 Å². The van der Waals surface area contributed by atoms with Gasteiger partial charge in [0.1, 0.15) is 0 Å². The Kier molecular flexibility index (Phi) is 5.44. The van der Waals surface area contributed by atoms with Gasteiger partial charge >= 0.3 is 213 Å². The van der Waals surface area contributed by atoms with E-state index in [0.717, 1.165) is 8.11 Å². The average molecular weight is 519 g/mol. The molecule has 0 aliphatic heterocycles. The second-order valence-corrected chi connectivity index (χ2v) is 63.3. The van der Waals surface area contributed by atoms with Gasteiger partial charge < -0.3 is 0 Å². The van der Waals surface area contributed by atoms with Crippen molar-refractivity contribution < 1.29 is 12.3 Å². The van der Waals surface area contributed by atoms with E-state index >= 15 is 0 Å². The summed E-state index contributed by atoms with van der Waals surface area (Å²) in [4.78, 5) is 0. The Morgan fingerprint density at radius 3 is 1.40 bits per heavy atom. The first-order valence-corrected chi connectivity index (χ1v) is 26.7. The molecule has 0 fully saturated rings. The molecule has 0 bridgehead atoms. The van der Waals surface area contributed by atoms with Crippen LogP contribution in [0.2, 0.25) is 25.1 Å². The summed E-state index contributed by atoms with van der Waals surface area (Å²) in [5.74, 6) is 0. The third-order valence-electron chi connectivity index (χ3n) is 7.50. The third-order valence-corrected chi connectivity index (χ3v) is 20.4. The van der Waals surface area contributed by atoms with Crippen molar-refractivity contribution in [2.45, 2.75) is 58.4 Å². The number of hydrogen-bond acceptors (Lipinski definition) is 1. The van der Waals surface area contributed by atoms with E-state index in [1.807, 2.05) is 0 Å². The second kappa shape index (κ2) is 7.29. The SMILES string of the molecule is CC1=C(c2ccccc2)C(c2ccccc2)=C(c2ccccc2)[CH]1[Ti]([CH3])([CH3])([CH3])([CH3])([SiH3])[NH]C(C)(C)C. The van der Waals surface area contributed by atoms with Crippen LogP contribution in [0.3, 0.4) is 0 Å². The Hall–Kier alpha value is -1.97. The van der Waals surface area contributed by atoms with Gasteiger partial charge in [0.05, 0.1) is 0 Å². The fourth-order valence-corrected chi connectivity index (χ4v) is 27.5. The Balaban J connectivity index is 2.21. The number of allylic oxidation sites excluding steroid dienone is 4. The zero-order valence-corrected chi connectivity index (χ0v) is 26.8. The van der Waals surface area contributed by atoms with Crippen LogP contribution >= 0.6 is 0 Å². The van der Waals surface area contributed by atoms with Crippen molar-refractivity contribution in [3.05, 3.63) is 113 Å². The number of rotatable bonds is 5. The van der Waals surface area contributed by atoms with E-state index < -0.39 is 12.3 Å². The maximum atomic E-state index is 4.41. The van der Waals surface area contributed by atoms with E-state index in [-0.39, 0.29) is 5.54 Å². The van der Waals surface area contributed by atoms with Crippen LogP contribution in [0.4, 0.5) is 0 Å². The summed E-state index contributed by atoms with van der Waals surface area (Å²) in [7, 11) is 1.08. The van der Waals surface area contributed by atoms with Crippen LogP contribution in [-0.4, -0.2) is 13.6 Å². The molecule has 35 heavy (non-hydrogen) atoms. The van der Waals surface area contributed by atoms with Gasteiger partial charge in [-0.3, -0.25) is 0 Å². The minimum absolute atomic E-state index is 0.00917. The molecule has 1 atom stereocenters. The first-order valence-electron chi connectivity index (χ1n) is 13.1. The van der Waals surface area contributed by atoms with E-state index in [1.54, 1.807) is 0 Å². The second-order valence-electron chi connectivity index (χ2n) is 16.6. The molecular weight excluding hydrogens is 474 g/mol. The van der Waals surface area contributed by atoms with Crippen molar-refractivity contribution in [1.29, 1.82) is 0 Å². The Labute approximate surface area is 211 Å². The Morgan fingerprint density at radius 2 is 1.00 bits per heavy atom. The molecule has 1 nitrogen and oxygen atoms in total. The molecule has 0 saturated heterocycles. The summed E-state index contributed by atoms with van der Waals surface area (Å²) < 4.78 is 4.74. The van der Waals surface area contributed by atoms with Crippen LogP contribution in [0.1, 0.15) is 44.4 Å². The van der Waals surface area contributed by atoms with Crippen molar-refractivity contribution in [3.8, 4) is 0 Å². The monoisotopic (exact) mass is 518 g/mol. The first kappa shape index (κ1) is 26.1. The quantitative estimate of drug-likeness (QED) is 0.334. The van der Waals surface area contributed by atoms with Gasteiger partial charge in [-0.25, -0.2) is 0 Å². The van der Waals surface area contributed by atoms with E-state index in [1.165, 1.54) is 39.0 Å². The van der Waals surface area contributed by atoms with Crippen molar-refractivity contribution in [3.63, 3.8) is 0 Å². The fourth-order valence-electron chi connectivity index (χ4n) is 7.80. The van der Waals surface area contributed by atoms with Gasteiger partial charge in [-0.1, -0.05) is 0 Å². The van der Waals surface area contributed by atoms with Crippen molar-refractivity contribution in [2.75, 3.05) is 0 Å². The van der Waals surface area contributed by atoms with Crippen LogP contribution in [0.15, 0.2) is 96.6 Å². The van der Waals surface area contributed by atoms with Gasteiger partial charge in [-0.05, 0) is 0 Å². The summed E-state index contributed by atoms with van der Waals surface area (Å²) in [5.41, 5.74) is 9.76. The topological polar surface area (TPSA) is 12.0 Å². The molecule has 1 unspecified atom stereocenters. The van der Waals surface area contributed by atoms with E-state index in [9.17, 15) is 0 Å². The molecule has 0 spiro atoms. The molecule has 4 rings (SSSR count). The minimum atomic E-state index is -4.40. The summed E-state index contributed by atoms with van der Waals surface area (Å²) in [5, 5.41) is 10.6. The van der Waals surface area contributed by atoms with E-state index in [2.05, 4.69) is 143 Å². The van der Waals surface area contributed by atoms with E-state index in [0.29, 0.717) is 4.22 Å². The molecule has 0 heterocycles. The van der Waals surface area contributed by atoms with Crippen LogP contribution in [0, 0.1) is 0 Å². The standard InChI is InChI=1S/C24H19.C4H10N.4CH3.H3Si.Ti/c1-18-17-22(19-11-5-2-6-12-19)24(21-15-9-4-10-16-21)23(18)20-13-7-3-8-14-20;1-4(2,3)5;;;;;;/h2-17H,1H3;5H,1-3H3;5*1H3;/q;-1;;;;;;+1. The van der Waals surface area contributed by atoms with Crippen LogP contribution in [0.25, 0.3) is 16.7 Å². The zero-order chi connectivity index (χ0) is 25.8. The predicted octanol–water partition coefficient (Wildman–Crippen LogP) is 8.41. The van der Waals surface area contributed by atoms with Crippen LogP contribution in [-0.2, 0) is 12.3 Å². The Bertz CT molecular complexity index is 1330. The summed E-state index contributed by atoms with van der Waals surface area (Å²) in [6, 6.07) is 33.2. The molecule has 1 N–H and O–H groups in total.